The van der Waals surface area contributed by atoms with Crippen molar-refractivity contribution < 1.29 is 27.5 Å². The van der Waals surface area contributed by atoms with E-state index in [2.05, 4.69) is 0 Å². The molecule has 0 aromatic carbocycles. The lowest BCUT2D eigenvalue weighted by atomic mass is 10.0. The van der Waals surface area contributed by atoms with Crippen molar-refractivity contribution in [3.05, 3.63) is 11.4 Å². The van der Waals surface area contributed by atoms with Crippen LogP contribution in [-0.2, 0) is 4.79 Å². The molecule has 1 heterocycles. The summed E-state index contributed by atoms with van der Waals surface area (Å²) in [7, 11) is 0. The summed E-state index contributed by atoms with van der Waals surface area (Å²) in [6.07, 6.45) is -4.39. The fraction of sp³-hybridized carbons (Fsp3) is 0.667. The lowest BCUT2D eigenvalue weighted by molar-refractivity contribution is -0.185. The number of aliphatic hydroxyl groups is 1. The largest absolute Gasteiger partial charge is 0.471 e. The van der Waals surface area contributed by atoms with E-state index in [1.54, 1.807) is 0 Å². The number of halogens is 4. The molecule has 16 heavy (non-hydrogen) atoms. The van der Waals surface area contributed by atoms with Gasteiger partial charge in [0.2, 0.25) is 0 Å². The highest BCUT2D eigenvalue weighted by molar-refractivity contribution is 5.82. The second-order valence-electron chi connectivity index (χ2n) is 3.49. The second-order valence-corrected chi connectivity index (χ2v) is 3.49. The van der Waals surface area contributed by atoms with Gasteiger partial charge in [-0.2, -0.15) is 13.2 Å². The van der Waals surface area contributed by atoms with Crippen LogP contribution in [0.4, 0.5) is 17.6 Å². The van der Waals surface area contributed by atoms with Crippen LogP contribution in [0.15, 0.2) is 11.4 Å². The minimum Gasteiger partial charge on any atom is -0.389 e. The quantitative estimate of drug-likeness (QED) is 0.705. The van der Waals surface area contributed by atoms with Gasteiger partial charge >= 0.3 is 12.1 Å². The first-order valence-corrected chi connectivity index (χ1v) is 4.69. The molecule has 0 bridgehead atoms. The molecule has 92 valence electrons. The van der Waals surface area contributed by atoms with E-state index in [9.17, 15) is 22.4 Å². The van der Waals surface area contributed by atoms with Crippen LogP contribution < -0.4 is 0 Å². The molecule has 1 aliphatic heterocycles. The number of piperidine rings is 1. The van der Waals surface area contributed by atoms with Crippen LogP contribution in [0.5, 0.6) is 0 Å². The van der Waals surface area contributed by atoms with Crippen LogP contribution in [0.2, 0.25) is 0 Å². The normalized spacial score (nSPS) is 20.9. The number of likely N-dealkylation sites (tertiary alicyclic amines) is 1. The van der Waals surface area contributed by atoms with Crippen molar-refractivity contribution >= 4 is 5.91 Å². The fourth-order valence-electron chi connectivity index (χ4n) is 1.56. The predicted octanol–water partition coefficient (Wildman–Crippen LogP) is 1.39. The Morgan fingerprint density at radius 2 is 2.06 bits per heavy atom. The number of carbonyl (C=O) groups is 1. The minimum atomic E-state index is -4.93. The monoisotopic (exact) mass is 241 g/mol. The number of hydrogen-bond donors (Lipinski definition) is 1. The lowest BCUT2D eigenvalue weighted by Crippen LogP contribution is -2.44. The summed E-state index contributed by atoms with van der Waals surface area (Å²) in [5.41, 5.74) is 0.0614. The molecular formula is C9H11F4NO2. The number of amides is 1. The highest BCUT2D eigenvalue weighted by Crippen LogP contribution is 2.25. The molecule has 1 N–H and O–H groups in total. The Labute approximate surface area is 89.3 Å². The van der Waals surface area contributed by atoms with Gasteiger partial charge in [0.15, 0.2) is 0 Å². The molecule has 0 aromatic rings. The second kappa shape index (κ2) is 4.82. The lowest BCUT2D eigenvalue weighted by Gasteiger charge is -2.29. The van der Waals surface area contributed by atoms with Crippen molar-refractivity contribution in [3.8, 4) is 0 Å². The first-order chi connectivity index (χ1) is 7.36. The SMILES string of the molecule is O=C(N1CCC/C(=C(/F)CO)C1)C(F)(F)F. The molecule has 0 saturated carbocycles. The minimum absolute atomic E-state index is 0.0411. The van der Waals surface area contributed by atoms with Gasteiger partial charge in [-0.1, -0.05) is 0 Å². The van der Waals surface area contributed by atoms with E-state index in [1.807, 2.05) is 0 Å². The molecule has 0 aromatic heterocycles. The van der Waals surface area contributed by atoms with Crippen LogP contribution >= 0.6 is 0 Å². The molecule has 1 saturated heterocycles. The van der Waals surface area contributed by atoms with Crippen LogP contribution in [0.3, 0.4) is 0 Å². The summed E-state index contributed by atoms with van der Waals surface area (Å²) >= 11 is 0. The number of rotatable bonds is 1. The summed E-state index contributed by atoms with van der Waals surface area (Å²) < 4.78 is 49.2. The average Bonchev–Trinajstić information content (AvgIpc) is 2.26. The van der Waals surface area contributed by atoms with Gasteiger partial charge in [0, 0.05) is 13.1 Å². The van der Waals surface area contributed by atoms with E-state index in [4.69, 9.17) is 5.11 Å². The summed E-state index contributed by atoms with van der Waals surface area (Å²) in [4.78, 5) is 11.4. The molecule has 3 nitrogen and oxygen atoms in total. The Hall–Kier alpha value is -1.11. The average molecular weight is 241 g/mol. The van der Waals surface area contributed by atoms with Crippen molar-refractivity contribution in [1.82, 2.24) is 4.90 Å². The molecule has 0 radical (unpaired) electrons. The maximum absolute atomic E-state index is 13.0. The molecule has 0 aliphatic carbocycles. The zero-order valence-electron chi connectivity index (χ0n) is 8.35. The smallest absolute Gasteiger partial charge is 0.389 e. The molecule has 0 unspecified atom stereocenters. The van der Waals surface area contributed by atoms with Crippen molar-refractivity contribution in [2.45, 2.75) is 19.0 Å². The van der Waals surface area contributed by atoms with E-state index in [0.717, 1.165) is 0 Å². The summed E-state index contributed by atoms with van der Waals surface area (Å²) in [5.74, 6) is -2.81. The van der Waals surface area contributed by atoms with Gasteiger partial charge in [0.1, 0.15) is 5.83 Å². The highest BCUT2D eigenvalue weighted by atomic mass is 19.4. The fourth-order valence-corrected chi connectivity index (χ4v) is 1.56. The molecule has 0 atom stereocenters. The van der Waals surface area contributed by atoms with Crippen molar-refractivity contribution in [2.24, 2.45) is 0 Å². The van der Waals surface area contributed by atoms with Crippen LogP contribution in [0.25, 0.3) is 0 Å². The van der Waals surface area contributed by atoms with Gasteiger partial charge in [-0.05, 0) is 18.4 Å². The molecule has 1 fully saturated rings. The Morgan fingerprint density at radius 3 is 2.56 bits per heavy atom. The van der Waals surface area contributed by atoms with Crippen molar-refractivity contribution in [3.63, 3.8) is 0 Å². The predicted molar refractivity (Wildman–Crippen MR) is 47.1 cm³/mol. The van der Waals surface area contributed by atoms with Crippen molar-refractivity contribution in [1.29, 1.82) is 0 Å². The molecular weight excluding hydrogens is 230 g/mol. The standard InChI is InChI=1S/C9H11F4NO2/c10-7(5-15)6-2-1-3-14(4-6)8(16)9(11,12)13/h15H,1-5H2/b7-6-. The topological polar surface area (TPSA) is 40.5 Å². The third-order valence-electron chi connectivity index (χ3n) is 2.34. The number of carbonyl (C=O) groups excluding carboxylic acids is 1. The van der Waals surface area contributed by atoms with Crippen molar-refractivity contribution in [2.75, 3.05) is 19.7 Å². The highest BCUT2D eigenvalue weighted by Gasteiger charge is 2.43. The Kier molecular flexibility index (Phi) is 3.90. The molecule has 0 spiro atoms. The Bertz CT molecular complexity index is 311. The van der Waals surface area contributed by atoms with E-state index in [-0.39, 0.29) is 25.0 Å². The van der Waals surface area contributed by atoms with Crippen LogP contribution in [-0.4, -0.2) is 41.8 Å². The van der Waals surface area contributed by atoms with Gasteiger partial charge in [-0.15, -0.1) is 0 Å². The van der Waals surface area contributed by atoms with E-state index in [1.165, 1.54) is 0 Å². The zero-order chi connectivity index (χ0) is 12.3. The Balaban J connectivity index is 2.76. The maximum atomic E-state index is 13.0. The molecule has 1 aliphatic rings. The number of nitrogens with zero attached hydrogens (tertiary/aromatic N) is 1. The number of aliphatic hydroxyl groups excluding tert-OH is 1. The number of hydrogen-bond acceptors (Lipinski definition) is 2. The first-order valence-electron chi connectivity index (χ1n) is 4.69. The van der Waals surface area contributed by atoms with Gasteiger partial charge in [0.05, 0.1) is 6.61 Å². The van der Waals surface area contributed by atoms with Crippen LogP contribution in [0.1, 0.15) is 12.8 Å². The third-order valence-corrected chi connectivity index (χ3v) is 2.34. The maximum Gasteiger partial charge on any atom is 0.471 e. The van der Waals surface area contributed by atoms with Gasteiger partial charge in [-0.3, -0.25) is 4.79 Å². The van der Waals surface area contributed by atoms with E-state index < -0.39 is 31.1 Å². The summed E-state index contributed by atoms with van der Waals surface area (Å²) in [6.45, 7) is -1.28. The molecule has 7 heteroatoms. The van der Waals surface area contributed by atoms with E-state index in [0.29, 0.717) is 4.90 Å². The summed E-state index contributed by atoms with van der Waals surface area (Å²) in [6, 6.07) is 0. The van der Waals surface area contributed by atoms with Gasteiger partial charge in [0.25, 0.3) is 0 Å². The molecule has 1 amide bonds. The Morgan fingerprint density at radius 1 is 1.44 bits per heavy atom. The summed E-state index contributed by atoms with van der Waals surface area (Å²) in [5, 5.41) is 8.51. The van der Waals surface area contributed by atoms with Gasteiger partial charge < -0.3 is 10.0 Å². The first kappa shape index (κ1) is 13.0. The number of alkyl halides is 3. The third kappa shape index (κ3) is 2.94. The van der Waals surface area contributed by atoms with E-state index >= 15 is 0 Å². The molecule has 1 rings (SSSR count). The van der Waals surface area contributed by atoms with Crippen LogP contribution in [0, 0.1) is 0 Å². The zero-order valence-corrected chi connectivity index (χ0v) is 8.35. The van der Waals surface area contributed by atoms with Gasteiger partial charge in [-0.25, -0.2) is 4.39 Å².